The van der Waals surface area contributed by atoms with Crippen LogP contribution >= 0.6 is 24.0 Å². The third-order valence-corrected chi connectivity index (χ3v) is 4.35. The van der Waals surface area contributed by atoms with Crippen LogP contribution in [0, 0.1) is 0 Å². The monoisotopic (exact) mass is 510 g/mol. The molecule has 2 rings (SSSR count). The van der Waals surface area contributed by atoms with E-state index in [1.54, 1.807) is 20.2 Å². The zero-order valence-corrected chi connectivity index (χ0v) is 19.6. The summed E-state index contributed by atoms with van der Waals surface area (Å²) in [6, 6.07) is 17.7. The van der Waals surface area contributed by atoms with Crippen molar-refractivity contribution in [1.29, 1.82) is 0 Å². The molecule has 0 saturated heterocycles. The number of aliphatic imine (C=N–C) groups is 1. The van der Waals surface area contributed by atoms with Crippen molar-refractivity contribution in [2.75, 3.05) is 27.2 Å². The summed E-state index contributed by atoms with van der Waals surface area (Å²) in [5, 5.41) is 9.18. The van der Waals surface area contributed by atoms with E-state index in [9.17, 15) is 4.79 Å². The Morgan fingerprint density at radius 2 is 1.86 bits per heavy atom. The van der Waals surface area contributed by atoms with Gasteiger partial charge in [-0.1, -0.05) is 42.5 Å². The SMILES string of the molecule is CN=C(NCCCOC(C)c1ccccc1)NCc1cccc(C(=O)NC)c1.I. The lowest BCUT2D eigenvalue weighted by atomic mass is 10.1. The van der Waals surface area contributed by atoms with E-state index in [1.807, 2.05) is 36.4 Å². The highest BCUT2D eigenvalue weighted by atomic mass is 127. The Bertz CT molecular complexity index is 768. The van der Waals surface area contributed by atoms with Crippen LogP contribution in [-0.4, -0.2) is 39.1 Å². The third-order valence-electron chi connectivity index (χ3n) is 4.35. The highest BCUT2D eigenvalue weighted by Gasteiger charge is 2.06. The topological polar surface area (TPSA) is 74.8 Å². The van der Waals surface area contributed by atoms with E-state index >= 15 is 0 Å². The molecular formula is C22H31IN4O2. The van der Waals surface area contributed by atoms with E-state index in [4.69, 9.17) is 4.74 Å². The Labute approximate surface area is 190 Å². The van der Waals surface area contributed by atoms with Gasteiger partial charge in [-0.15, -0.1) is 24.0 Å². The van der Waals surface area contributed by atoms with Crippen LogP contribution in [0.5, 0.6) is 0 Å². The van der Waals surface area contributed by atoms with E-state index < -0.39 is 0 Å². The van der Waals surface area contributed by atoms with E-state index in [0.29, 0.717) is 18.7 Å². The molecule has 3 N–H and O–H groups in total. The number of hydrogen-bond donors (Lipinski definition) is 3. The average molecular weight is 510 g/mol. The molecule has 6 nitrogen and oxygen atoms in total. The van der Waals surface area contributed by atoms with Gasteiger partial charge in [0, 0.05) is 39.4 Å². The van der Waals surface area contributed by atoms with Gasteiger partial charge in [0.25, 0.3) is 5.91 Å². The van der Waals surface area contributed by atoms with Crippen molar-refractivity contribution in [1.82, 2.24) is 16.0 Å². The van der Waals surface area contributed by atoms with Crippen LogP contribution in [0.4, 0.5) is 0 Å². The van der Waals surface area contributed by atoms with Gasteiger partial charge in [0.2, 0.25) is 0 Å². The average Bonchev–Trinajstić information content (AvgIpc) is 2.75. The van der Waals surface area contributed by atoms with Crippen LogP contribution < -0.4 is 16.0 Å². The van der Waals surface area contributed by atoms with Crippen LogP contribution in [0.3, 0.4) is 0 Å². The van der Waals surface area contributed by atoms with Crippen LogP contribution in [0.15, 0.2) is 59.6 Å². The Kier molecular flexibility index (Phi) is 12.0. The summed E-state index contributed by atoms with van der Waals surface area (Å²) in [7, 11) is 3.37. The van der Waals surface area contributed by atoms with E-state index in [-0.39, 0.29) is 36.0 Å². The van der Waals surface area contributed by atoms with Crippen molar-refractivity contribution >= 4 is 35.8 Å². The molecule has 0 radical (unpaired) electrons. The van der Waals surface area contributed by atoms with E-state index in [1.165, 1.54) is 5.56 Å². The van der Waals surface area contributed by atoms with E-state index in [2.05, 4.69) is 40.0 Å². The van der Waals surface area contributed by atoms with Crippen molar-refractivity contribution in [2.45, 2.75) is 26.0 Å². The number of benzene rings is 2. The number of rotatable bonds is 9. The molecule has 0 heterocycles. The first kappa shape index (κ1) is 24.9. The highest BCUT2D eigenvalue weighted by Crippen LogP contribution is 2.15. The maximum Gasteiger partial charge on any atom is 0.251 e. The Hall–Kier alpha value is -2.13. The number of nitrogens with zero attached hydrogens (tertiary/aromatic N) is 1. The van der Waals surface area contributed by atoms with E-state index in [0.717, 1.165) is 24.5 Å². The smallest absolute Gasteiger partial charge is 0.251 e. The largest absolute Gasteiger partial charge is 0.374 e. The number of nitrogens with one attached hydrogen (secondary N) is 3. The standard InChI is InChI=1S/C22H30N4O2.HI/c1-17(19-10-5-4-6-11-19)28-14-8-13-25-22(24-3)26-16-18-9-7-12-20(15-18)21(27)23-2;/h4-7,9-12,15,17H,8,13-14,16H2,1-3H3,(H,23,27)(H2,24,25,26);1H. The lowest BCUT2D eigenvalue weighted by Gasteiger charge is -2.15. The summed E-state index contributed by atoms with van der Waals surface area (Å²) in [6.45, 7) is 4.09. The molecule has 0 bridgehead atoms. The van der Waals surface area contributed by atoms with Gasteiger partial charge < -0.3 is 20.7 Å². The van der Waals surface area contributed by atoms with Gasteiger partial charge in [-0.25, -0.2) is 0 Å². The lowest BCUT2D eigenvalue weighted by Crippen LogP contribution is -2.37. The normalized spacial score (nSPS) is 11.9. The fourth-order valence-electron chi connectivity index (χ4n) is 2.73. The second kappa shape index (κ2) is 13.9. The molecule has 1 unspecified atom stereocenters. The van der Waals surface area contributed by atoms with Gasteiger partial charge in [-0.2, -0.15) is 0 Å². The van der Waals surface area contributed by atoms with Gasteiger partial charge in [0.05, 0.1) is 6.10 Å². The second-order valence-corrected chi connectivity index (χ2v) is 6.41. The minimum atomic E-state index is -0.0888. The molecule has 0 aliphatic carbocycles. The molecule has 0 aliphatic heterocycles. The van der Waals surface area contributed by atoms with Gasteiger partial charge in [-0.3, -0.25) is 9.79 Å². The zero-order valence-electron chi connectivity index (χ0n) is 17.3. The summed E-state index contributed by atoms with van der Waals surface area (Å²) >= 11 is 0. The summed E-state index contributed by atoms with van der Waals surface area (Å²) < 4.78 is 5.88. The van der Waals surface area contributed by atoms with Crippen LogP contribution in [0.2, 0.25) is 0 Å². The summed E-state index contributed by atoms with van der Waals surface area (Å²) in [4.78, 5) is 16.0. The molecule has 1 atom stereocenters. The maximum atomic E-state index is 11.7. The number of carbonyl (C=O) groups excluding carboxylic acids is 1. The fourth-order valence-corrected chi connectivity index (χ4v) is 2.73. The minimum absolute atomic E-state index is 0. The van der Waals surface area contributed by atoms with Crippen molar-refractivity contribution in [3.05, 3.63) is 71.3 Å². The predicted molar refractivity (Wildman–Crippen MR) is 129 cm³/mol. The molecule has 2 aromatic carbocycles. The van der Waals surface area contributed by atoms with Crippen molar-refractivity contribution < 1.29 is 9.53 Å². The molecule has 2 aromatic rings. The minimum Gasteiger partial charge on any atom is -0.374 e. The Morgan fingerprint density at radius 3 is 2.55 bits per heavy atom. The van der Waals surface area contributed by atoms with Crippen LogP contribution in [0.25, 0.3) is 0 Å². The summed E-state index contributed by atoms with van der Waals surface area (Å²) in [5.41, 5.74) is 2.85. The van der Waals surface area contributed by atoms with Crippen molar-refractivity contribution in [2.24, 2.45) is 4.99 Å². The lowest BCUT2D eigenvalue weighted by molar-refractivity contribution is 0.0646. The third kappa shape index (κ3) is 8.82. The number of ether oxygens (including phenoxy) is 1. The quantitative estimate of drug-likeness (QED) is 0.209. The van der Waals surface area contributed by atoms with Crippen LogP contribution in [-0.2, 0) is 11.3 Å². The Balaban J connectivity index is 0.00000420. The van der Waals surface area contributed by atoms with Gasteiger partial charge in [-0.05, 0) is 36.6 Å². The molecule has 0 spiro atoms. The first-order chi connectivity index (χ1) is 13.6. The van der Waals surface area contributed by atoms with Crippen molar-refractivity contribution in [3.8, 4) is 0 Å². The Morgan fingerprint density at radius 1 is 1.10 bits per heavy atom. The molecule has 29 heavy (non-hydrogen) atoms. The molecule has 0 aliphatic rings. The first-order valence-electron chi connectivity index (χ1n) is 9.56. The van der Waals surface area contributed by atoms with Crippen LogP contribution in [0.1, 0.15) is 40.9 Å². The number of carbonyl (C=O) groups is 1. The number of halogens is 1. The predicted octanol–water partition coefficient (Wildman–Crippen LogP) is 3.50. The maximum absolute atomic E-state index is 11.7. The molecule has 1 amide bonds. The molecule has 7 heteroatoms. The first-order valence-corrected chi connectivity index (χ1v) is 9.56. The number of amides is 1. The number of guanidine groups is 1. The van der Waals surface area contributed by atoms with Crippen molar-refractivity contribution in [3.63, 3.8) is 0 Å². The number of hydrogen-bond acceptors (Lipinski definition) is 3. The molecular weight excluding hydrogens is 479 g/mol. The molecule has 158 valence electrons. The summed E-state index contributed by atoms with van der Waals surface area (Å²) in [5.74, 6) is 0.635. The van der Waals surface area contributed by atoms with Gasteiger partial charge in [0.15, 0.2) is 5.96 Å². The highest BCUT2D eigenvalue weighted by molar-refractivity contribution is 14.0. The fraction of sp³-hybridized carbons (Fsp3) is 0.364. The second-order valence-electron chi connectivity index (χ2n) is 6.41. The van der Waals surface area contributed by atoms with Gasteiger partial charge >= 0.3 is 0 Å². The molecule has 0 saturated carbocycles. The summed E-state index contributed by atoms with van der Waals surface area (Å²) in [6.07, 6.45) is 0.968. The molecule has 0 fully saturated rings. The molecule has 0 aromatic heterocycles. The zero-order chi connectivity index (χ0) is 20.2. The van der Waals surface area contributed by atoms with Gasteiger partial charge in [0.1, 0.15) is 0 Å².